The molecule has 0 N–H and O–H groups in total. The Kier molecular flexibility index (Phi) is 7.84. The highest BCUT2D eigenvalue weighted by molar-refractivity contribution is 7.26. The van der Waals surface area contributed by atoms with Crippen molar-refractivity contribution in [2.45, 2.75) is 38.0 Å². The molecule has 1 aliphatic carbocycles. The van der Waals surface area contributed by atoms with Crippen LogP contribution in [-0.2, 0) is 0 Å². The zero-order valence-electron chi connectivity index (χ0n) is 29.1. The molecular formula is C50H39NS. The van der Waals surface area contributed by atoms with Crippen molar-refractivity contribution >= 4 is 70.1 Å². The van der Waals surface area contributed by atoms with E-state index in [4.69, 9.17) is 0 Å². The van der Waals surface area contributed by atoms with E-state index in [1.165, 1.54) is 107 Å². The maximum absolute atomic E-state index is 2.47. The van der Waals surface area contributed by atoms with Crippen molar-refractivity contribution in [3.05, 3.63) is 175 Å². The van der Waals surface area contributed by atoms with Gasteiger partial charge in [0, 0.05) is 37.1 Å². The van der Waals surface area contributed by atoms with Crippen LogP contribution in [0.3, 0.4) is 0 Å². The van der Waals surface area contributed by atoms with Gasteiger partial charge in [0.05, 0.1) is 5.69 Å². The Labute approximate surface area is 309 Å². The zero-order chi connectivity index (χ0) is 34.4. The van der Waals surface area contributed by atoms with Gasteiger partial charge in [-0.15, -0.1) is 11.3 Å². The molecule has 0 unspecified atom stereocenters. The molecule has 10 rings (SSSR count). The number of hydrogen-bond donors (Lipinski definition) is 0. The van der Waals surface area contributed by atoms with Crippen LogP contribution in [0.25, 0.3) is 64.0 Å². The largest absolute Gasteiger partial charge is 0.310 e. The number of fused-ring (bicyclic) bond motifs is 5. The zero-order valence-corrected chi connectivity index (χ0v) is 30.0. The van der Waals surface area contributed by atoms with E-state index in [0.29, 0.717) is 5.92 Å². The summed E-state index contributed by atoms with van der Waals surface area (Å²) in [6.07, 6.45) is 6.56. The second-order valence-corrected chi connectivity index (χ2v) is 15.3. The molecular weight excluding hydrogens is 647 g/mol. The van der Waals surface area contributed by atoms with Crippen molar-refractivity contribution in [1.29, 1.82) is 0 Å². The topological polar surface area (TPSA) is 3.24 Å². The predicted octanol–water partition coefficient (Wildman–Crippen LogP) is 15.2. The summed E-state index contributed by atoms with van der Waals surface area (Å²) < 4.78 is 2.68. The molecule has 0 saturated heterocycles. The number of thiophene rings is 1. The quantitative estimate of drug-likeness (QED) is 0.168. The summed E-state index contributed by atoms with van der Waals surface area (Å²) >= 11 is 1.89. The predicted molar refractivity (Wildman–Crippen MR) is 226 cm³/mol. The van der Waals surface area contributed by atoms with Crippen LogP contribution in [0.4, 0.5) is 17.1 Å². The molecule has 0 aliphatic heterocycles. The van der Waals surface area contributed by atoms with Crippen LogP contribution in [0, 0.1) is 0 Å². The van der Waals surface area contributed by atoms with Crippen molar-refractivity contribution < 1.29 is 0 Å². The minimum Gasteiger partial charge on any atom is -0.310 e. The third kappa shape index (κ3) is 5.38. The van der Waals surface area contributed by atoms with E-state index in [-0.39, 0.29) is 0 Å². The minimum atomic E-state index is 0.611. The monoisotopic (exact) mass is 685 g/mol. The van der Waals surface area contributed by atoms with E-state index >= 15 is 0 Å². The second kappa shape index (κ2) is 13.1. The number of anilines is 3. The van der Waals surface area contributed by atoms with E-state index in [2.05, 4.69) is 175 Å². The highest BCUT2D eigenvalue weighted by Gasteiger charge is 2.23. The Morgan fingerprint density at radius 2 is 1.12 bits per heavy atom. The van der Waals surface area contributed by atoms with E-state index in [0.717, 1.165) is 11.4 Å². The van der Waals surface area contributed by atoms with Crippen molar-refractivity contribution in [2.75, 3.05) is 4.90 Å². The van der Waals surface area contributed by atoms with Gasteiger partial charge in [0.2, 0.25) is 0 Å². The lowest BCUT2D eigenvalue weighted by atomic mass is 9.80. The average molecular weight is 686 g/mol. The van der Waals surface area contributed by atoms with Gasteiger partial charge in [0.25, 0.3) is 0 Å². The van der Waals surface area contributed by atoms with Crippen molar-refractivity contribution in [3.63, 3.8) is 0 Å². The first-order chi connectivity index (χ1) is 25.8. The lowest BCUT2D eigenvalue weighted by Gasteiger charge is -2.29. The fourth-order valence-corrected chi connectivity index (χ4v) is 9.99. The average Bonchev–Trinajstić information content (AvgIpc) is 3.60. The molecule has 0 amide bonds. The van der Waals surface area contributed by atoms with Gasteiger partial charge >= 0.3 is 0 Å². The molecule has 0 atom stereocenters. The third-order valence-electron chi connectivity index (χ3n) is 11.2. The van der Waals surface area contributed by atoms with E-state index in [9.17, 15) is 0 Å². The molecule has 1 saturated carbocycles. The molecule has 9 aromatic rings. The van der Waals surface area contributed by atoms with Gasteiger partial charge in [-0.25, -0.2) is 0 Å². The van der Waals surface area contributed by atoms with Crippen LogP contribution in [0.2, 0.25) is 0 Å². The Bertz CT molecular complexity index is 2720. The maximum Gasteiger partial charge on any atom is 0.0540 e. The minimum absolute atomic E-state index is 0.611. The van der Waals surface area contributed by atoms with Crippen LogP contribution >= 0.6 is 11.3 Å². The first-order valence-electron chi connectivity index (χ1n) is 18.7. The van der Waals surface area contributed by atoms with Gasteiger partial charge in [0.1, 0.15) is 0 Å². The lowest BCUT2D eigenvalue weighted by Crippen LogP contribution is -2.11. The van der Waals surface area contributed by atoms with Crippen LogP contribution in [0.1, 0.15) is 43.6 Å². The molecule has 1 aromatic heterocycles. The molecule has 1 nitrogen and oxygen atoms in total. The fourth-order valence-electron chi connectivity index (χ4n) is 8.75. The molecule has 2 heteroatoms. The van der Waals surface area contributed by atoms with Crippen LogP contribution < -0.4 is 4.90 Å². The molecule has 1 aliphatic rings. The first kappa shape index (κ1) is 31.1. The summed E-state index contributed by atoms with van der Waals surface area (Å²) in [5, 5.41) is 7.89. The van der Waals surface area contributed by atoms with Gasteiger partial charge in [-0.3, -0.25) is 0 Å². The number of benzene rings is 8. The summed E-state index contributed by atoms with van der Waals surface area (Å²) in [6.45, 7) is 0. The summed E-state index contributed by atoms with van der Waals surface area (Å²) in [5.41, 5.74) is 10.1. The molecule has 52 heavy (non-hydrogen) atoms. The van der Waals surface area contributed by atoms with Crippen molar-refractivity contribution in [3.8, 4) is 22.3 Å². The molecule has 0 bridgehead atoms. The van der Waals surface area contributed by atoms with E-state index in [1.807, 2.05) is 11.3 Å². The number of rotatable bonds is 6. The van der Waals surface area contributed by atoms with Crippen molar-refractivity contribution in [1.82, 2.24) is 0 Å². The van der Waals surface area contributed by atoms with Gasteiger partial charge < -0.3 is 4.90 Å². The Morgan fingerprint density at radius 3 is 2.00 bits per heavy atom. The molecule has 1 fully saturated rings. The number of para-hydroxylation sites is 1. The Hall–Kier alpha value is -5.70. The first-order valence-corrected chi connectivity index (χ1v) is 19.5. The highest BCUT2D eigenvalue weighted by Crippen LogP contribution is 2.47. The van der Waals surface area contributed by atoms with Crippen molar-refractivity contribution in [2.24, 2.45) is 0 Å². The third-order valence-corrected chi connectivity index (χ3v) is 12.5. The standard InChI is InChI=1S/C50H39NS/c1-2-14-35(15-3-1)41-21-10-17-37-18-11-23-45(49(37)41)43-19-6-8-25-47(43)51(40-32-27-34-13-4-5-16-38(34)33-40)39-30-28-36(29-31-39)42-22-12-24-46-44-20-7-9-26-48(44)52-50(42)46/h4-13,16-33,35H,1-3,14-15H2. The molecule has 1 heterocycles. The summed E-state index contributed by atoms with van der Waals surface area (Å²) in [6, 6.07) is 63.2. The summed E-state index contributed by atoms with van der Waals surface area (Å²) in [5.74, 6) is 0.611. The van der Waals surface area contributed by atoms with E-state index < -0.39 is 0 Å². The van der Waals surface area contributed by atoms with Crippen LogP contribution in [0.15, 0.2) is 170 Å². The van der Waals surface area contributed by atoms with Crippen LogP contribution in [0.5, 0.6) is 0 Å². The van der Waals surface area contributed by atoms with Gasteiger partial charge in [-0.1, -0.05) is 153 Å². The van der Waals surface area contributed by atoms with Gasteiger partial charge in [0.15, 0.2) is 0 Å². The van der Waals surface area contributed by atoms with E-state index in [1.54, 1.807) is 0 Å². The Morgan fingerprint density at radius 1 is 0.462 bits per heavy atom. The molecule has 250 valence electrons. The summed E-state index contributed by atoms with van der Waals surface area (Å²) in [4.78, 5) is 2.47. The SMILES string of the molecule is c1ccc(N(c2ccc(-c3cccc4c3sc3ccccc34)cc2)c2ccc3ccccc3c2)c(-c2cccc3cccc(C4CCCCC4)c23)c1. The van der Waals surface area contributed by atoms with Gasteiger partial charge in [-0.05, 0) is 99.0 Å². The maximum atomic E-state index is 2.47. The fraction of sp³-hybridized carbons (Fsp3) is 0.120. The summed E-state index contributed by atoms with van der Waals surface area (Å²) in [7, 11) is 0. The lowest BCUT2D eigenvalue weighted by molar-refractivity contribution is 0.445. The van der Waals surface area contributed by atoms with Crippen LogP contribution in [-0.4, -0.2) is 0 Å². The Balaban J connectivity index is 1.15. The molecule has 0 spiro atoms. The van der Waals surface area contributed by atoms with Gasteiger partial charge in [-0.2, -0.15) is 0 Å². The number of nitrogens with zero attached hydrogens (tertiary/aromatic N) is 1. The smallest absolute Gasteiger partial charge is 0.0540 e. The second-order valence-electron chi connectivity index (χ2n) is 14.3. The number of hydrogen-bond acceptors (Lipinski definition) is 2. The highest BCUT2D eigenvalue weighted by atomic mass is 32.1. The normalized spacial score (nSPS) is 13.7. The molecule has 0 radical (unpaired) electrons. The molecule has 8 aromatic carbocycles.